The molecule has 0 aliphatic rings. The Kier molecular flexibility index (Phi) is 4.42. The fourth-order valence-corrected chi connectivity index (χ4v) is 2.02. The standard InChI is InChI=1S/C14H12ClFN2OS/c1-19-13-5-3-9(7-11(13)16)18-12-4-2-8(14(17)20)6-10(12)15/h2-7,18H,1H3,(H2,17,20). The van der Waals surface area contributed by atoms with Gasteiger partial charge in [-0.3, -0.25) is 0 Å². The molecule has 0 atom stereocenters. The summed E-state index contributed by atoms with van der Waals surface area (Å²) in [6.07, 6.45) is 0. The van der Waals surface area contributed by atoms with Crippen LogP contribution in [0.25, 0.3) is 0 Å². The van der Waals surface area contributed by atoms with Crippen molar-refractivity contribution in [2.24, 2.45) is 5.73 Å². The van der Waals surface area contributed by atoms with Crippen LogP contribution >= 0.6 is 23.8 Å². The van der Waals surface area contributed by atoms with Crippen LogP contribution in [0.15, 0.2) is 36.4 Å². The van der Waals surface area contributed by atoms with Crippen LogP contribution in [0.3, 0.4) is 0 Å². The molecule has 0 fully saturated rings. The number of hydrogen-bond acceptors (Lipinski definition) is 3. The quantitative estimate of drug-likeness (QED) is 0.842. The van der Waals surface area contributed by atoms with Gasteiger partial charge in [-0.15, -0.1) is 0 Å². The molecule has 104 valence electrons. The normalized spacial score (nSPS) is 10.2. The van der Waals surface area contributed by atoms with Crippen molar-refractivity contribution in [2.75, 3.05) is 12.4 Å². The first kappa shape index (κ1) is 14.6. The maximum absolute atomic E-state index is 13.6. The summed E-state index contributed by atoms with van der Waals surface area (Å²) >= 11 is 11.0. The SMILES string of the molecule is COc1ccc(Nc2ccc(C(N)=S)cc2Cl)cc1F. The van der Waals surface area contributed by atoms with Crippen molar-refractivity contribution in [2.45, 2.75) is 0 Å². The fraction of sp³-hybridized carbons (Fsp3) is 0.0714. The maximum atomic E-state index is 13.6. The number of anilines is 2. The van der Waals surface area contributed by atoms with Crippen molar-refractivity contribution in [3.63, 3.8) is 0 Å². The molecule has 2 rings (SSSR count). The van der Waals surface area contributed by atoms with E-state index in [-0.39, 0.29) is 10.7 Å². The molecule has 0 aliphatic heterocycles. The zero-order chi connectivity index (χ0) is 14.7. The van der Waals surface area contributed by atoms with E-state index in [0.29, 0.717) is 22.0 Å². The molecule has 0 aliphatic carbocycles. The molecule has 0 amide bonds. The van der Waals surface area contributed by atoms with E-state index >= 15 is 0 Å². The summed E-state index contributed by atoms with van der Waals surface area (Å²) in [4.78, 5) is 0.272. The van der Waals surface area contributed by atoms with E-state index in [0.717, 1.165) is 0 Å². The van der Waals surface area contributed by atoms with Gasteiger partial charge in [0.05, 0.1) is 17.8 Å². The van der Waals surface area contributed by atoms with E-state index in [1.165, 1.54) is 19.2 Å². The van der Waals surface area contributed by atoms with Crippen molar-refractivity contribution in [1.29, 1.82) is 0 Å². The first-order chi connectivity index (χ1) is 9.51. The van der Waals surface area contributed by atoms with E-state index in [9.17, 15) is 4.39 Å². The topological polar surface area (TPSA) is 47.3 Å². The third-order valence-electron chi connectivity index (χ3n) is 2.68. The predicted molar refractivity (Wildman–Crippen MR) is 83.6 cm³/mol. The highest BCUT2D eigenvalue weighted by atomic mass is 35.5. The third-order valence-corrected chi connectivity index (χ3v) is 3.23. The van der Waals surface area contributed by atoms with Crippen molar-refractivity contribution < 1.29 is 9.13 Å². The van der Waals surface area contributed by atoms with Crippen LogP contribution < -0.4 is 15.8 Å². The monoisotopic (exact) mass is 310 g/mol. The Morgan fingerprint density at radius 3 is 2.60 bits per heavy atom. The molecule has 3 N–H and O–H groups in total. The van der Waals surface area contributed by atoms with E-state index in [1.54, 1.807) is 24.3 Å². The molecule has 2 aromatic carbocycles. The van der Waals surface area contributed by atoms with Crippen LogP contribution in [0.1, 0.15) is 5.56 Å². The van der Waals surface area contributed by atoms with Gasteiger partial charge >= 0.3 is 0 Å². The summed E-state index contributed by atoms with van der Waals surface area (Å²) in [7, 11) is 1.41. The highest BCUT2D eigenvalue weighted by Crippen LogP contribution is 2.28. The molecule has 0 radical (unpaired) electrons. The van der Waals surface area contributed by atoms with Crippen LogP contribution in [-0.4, -0.2) is 12.1 Å². The molecule has 0 bridgehead atoms. The number of nitrogens with one attached hydrogen (secondary N) is 1. The summed E-state index contributed by atoms with van der Waals surface area (Å²) in [5.74, 6) is -0.265. The molecule has 0 heterocycles. The van der Waals surface area contributed by atoms with Crippen LogP contribution in [-0.2, 0) is 0 Å². The number of benzene rings is 2. The van der Waals surface area contributed by atoms with Gasteiger partial charge in [0.2, 0.25) is 0 Å². The number of thiocarbonyl (C=S) groups is 1. The Morgan fingerprint density at radius 2 is 2.05 bits per heavy atom. The molecule has 2 aromatic rings. The molecular formula is C14H12ClFN2OS. The van der Waals surface area contributed by atoms with Gasteiger partial charge < -0.3 is 15.8 Å². The second-order valence-electron chi connectivity index (χ2n) is 4.03. The second kappa shape index (κ2) is 6.07. The number of rotatable bonds is 4. The molecule has 20 heavy (non-hydrogen) atoms. The number of ether oxygens (including phenoxy) is 1. The zero-order valence-corrected chi connectivity index (χ0v) is 12.2. The molecule has 3 nitrogen and oxygen atoms in total. The second-order valence-corrected chi connectivity index (χ2v) is 4.88. The van der Waals surface area contributed by atoms with Crippen molar-refractivity contribution in [3.05, 3.63) is 52.8 Å². The van der Waals surface area contributed by atoms with Crippen molar-refractivity contribution >= 4 is 40.2 Å². The Balaban J connectivity index is 2.26. The van der Waals surface area contributed by atoms with Gasteiger partial charge in [0.25, 0.3) is 0 Å². The summed E-state index contributed by atoms with van der Waals surface area (Å²) in [5.41, 5.74) is 7.40. The van der Waals surface area contributed by atoms with Crippen LogP contribution in [0.4, 0.5) is 15.8 Å². The smallest absolute Gasteiger partial charge is 0.167 e. The lowest BCUT2D eigenvalue weighted by atomic mass is 10.2. The van der Waals surface area contributed by atoms with Crippen LogP contribution in [0.2, 0.25) is 5.02 Å². The summed E-state index contributed by atoms with van der Waals surface area (Å²) in [6.45, 7) is 0. The Hall–Kier alpha value is -1.85. The number of hydrogen-bond donors (Lipinski definition) is 2. The first-order valence-electron chi connectivity index (χ1n) is 5.71. The number of nitrogens with two attached hydrogens (primary N) is 1. The molecule has 0 unspecified atom stereocenters. The minimum Gasteiger partial charge on any atom is -0.494 e. The van der Waals surface area contributed by atoms with Gasteiger partial charge in [-0.05, 0) is 30.3 Å². The van der Waals surface area contributed by atoms with Gasteiger partial charge in [-0.25, -0.2) is 4.39 Å². The summed E-state index contributed by atoms with van der Waals surface area (Å²) in [6, 6.07) is 9.70. The lowest BCUT2D eigenvalue weighted by Gasteiger charge is -2.11. The van der Waals surface area contributed by atoms with E-state index < -0.39 is 5.82 Å². The minimum atomic E-state index is -0.451. The number of methoxy groups -OCH3 is 1. The molecule has 0 saturated heterocycles. The Labute approximate surface area is 126 Å². The van der Waals surface area contributed by atoms with Gasteiger partial charge in [0, 0.05) is 17.3 Å². The third kappa shape index (κ3) is 3.18. The highest BCUT2D eigenvalue weighted by Gasteiger charge is 2.07. The molecule has 0 spiro atoms. The van der Waals surface area contributed by atoms with Gasteiger partial charge in [-0.1, -0.05) is 23.8 Å². The molecule has 6 heteroatoms. The van der Waals surface area contributed by atoms with Gasteiger partial charge in [-0.2, -0.15) is 0 Å². The van der Waals surface area contributed by atoms with Crippen LogP contribution in [0, 0.1) is 5.82 Å². The van der Waals surface area contributed by atoms with Gasteiger partial charge in [0.1, 0.15) is 4.99 Å². The minimum absolute atomic E-state index is 0.186. The fourth-order valence-electron chi connectivity index (χ4n) is 1.67. The molecule has 0 saturated carbocycles. The Morgan fingerprint density at radius 1 is 1.30 bits per heavy atom. The Bertz CT molecular complexity index is 664. The average molecular weight is 311 g/mol. The van der Waals surface area contributed by atoms with E-state index in [2.05, 4.69) is 5.32 Å². The lowest BCUT2D eigenvalue weighted by molar-refractivity contribution is 0.386. The van der Waals surface area contributed by atoms with E-state index in [1.807, 2.05) is 0 Å². The van der Waals surface area contributed by atoms with Crippen molar-refractivity contribution in [1.82, 2.24) is 0 Å². The first-order valence-corrected chi connectivity index (χ1v) is 6.50. The van der Waals surface area contributed by atoms with Crippen LogP contribution in [0.5, 0.6) is 5.75 Å². The average Bonchev–Trinajstić information content (AvgIpc) is 2.41. The van der Waals surface area contributed by atoms with Gasteiger partial charge in [0.15, 0.2) is 11.6 Å². The summed E-state index contributed by atoms with van der Waals surface area (Å²) < 4.78 is 18.5. The maximum Gasteiger partial charge on any atom is 0.167 e. The predicted octanol–water partition coefficient (Wildman–Crippen LogP) is 3.87. The van der Waals surface area contributed by atoms with Crippen molar-refractivity contribution in [3.8, 4) is 5.75 Å². The summed E-state index contributed by atoms with van der Waals surface area (Å²) in [5, 5.41) is 3.47. The zero-order valence-electron chi connectivity index (χ0n) is 10.6. The highest BCUT2D eigenvalue weighted by molar-refractivity contribution is 7.80. The number of halogens is 2. The van der Waals surface area contributed by atoms with E-state index in [4.69, 9.17) is 34.3 Å². The molecule has 0 aromatic heterocycles. The largest absolute Gasteiger partial charge is 0.494 e. The molecular weight excluding hydrogens is 299 g/mol. The lowest BCUT2D eigenvalue weighted by Crippen LogP contribution is -2.09.